The summed E-state index contributed by atoms with van der Waals surface area (Å²) < 4.78 is 7.56. The van der Waals surface area contributed by atoms with Gasteiger partial charge >= 0.3 is 6.03 Å². The Labute approximate surface area is 148 Å². The van der Waals surface area contributed by atoms with Gasteiger partial charge < -0.3 is 24.0 Å². The molecule has 3 aliphatic rings. The lowest BCUT2D eigenvalue weighted by atomic mass is 10.3. The zero-order valence-electron chi connectivity index (χ0n) is 15.1. The highest BCUT2D eigenvalue weighted by Crippen LogP contribution is 2.16. The quantitative estimate of drug-likeness (QED) is 0.747. The van der Waals surface area contributed by atoms with Crippen molar-refractivity contribution in [1.82, 2.24) is 29.2 Å². The van der Waals surface area contributed by atoms with E-state index in [1.165, 1.54) is 0 Å². The van der Waals surface area contributed by atoms with Crippen molar-refractivity contribution in [3.63, 3.8) is 0 Å². The Morgan fingerprint density at radius 3 is 2.56 bits per heavy atom. The van der Waals surface area contributed by atoms with E-state index in [-0.39, 0.29) is 6.03 Å². The molecule has 4 rings (SSSR count). The number of aromatic nitrogens is 2. The number of piperazine rings is 1. The summed E-state index contributed by atoms with van der Waals surface area (Å²) in [6.07, 6.45) is 2.17. The zero-order valence-corrected chi connectivity index (χ0v) is 15.1. The van der Waals surface area contributed by atoms with Crippen LogP contribution in [0.1, 0.15) is 11.5 Å². The van der Waals surface area contributed by atoms with E-state index in [9.17, 15) is 4.79 Å². The maximum atomic E-state index is 12.7. The second kappa shape index (κ2) is 7.31. The fraction of sp³-hybridized carbons (Fsp3) is 0.765. The van der Waals surface area contributed by atoms with Crippen molar-refractivity contribution >= 4 is 6.03 Å². The highest BCUT2D eigenvalue weighted by atomic mass is 16.5. The molecule has 3 aliphatic heterocycles. The third kappa shape index (κ3) is 3.80. The minimum atomic E-state index is 0.123. The molecule has 1 aromatic heterocycles. The fourth-order valence-electron chi connectivity index (χ4n) is 3.74. The van der Waals surface area contributed by atoms with Crippen LogP contribution in [-0.2, 0) is 24.4 Å². The van der Waals surface area contributed by atoms with Crippen molar-refractivity contribution in [2.75, 3.05) is 66.1 Å². The smallest absolute Gasteiger partial charge is 0.320 e. The molecule has 25 heavy (non-hydrogen) atoms. The number of morpholine rings is 1. The summed E-state index contributed by atoms with van der Waals surface area (Å²) >= 11 is 0. The number of imidazole rings is 1. The Hall–Kier alpha value is -1.64. The average Bonchev–Trinajstić information content (AvgIpc) is 3.05. The summed E-state index contributed by atoms with van der Waals surface area (Å²) in [6.45, 7) is 10.2. The summed E-state index contributed by atoms with van der Waals surface area (Å²) in [5, 5.41) is 0. The molecule has 0 saturated carbocycles. The lowest BCUT2D eigenvalue weighted by molar-refractivity contribution is 0.0408. The van der Waals surface area contributed by atoms with Gasteiger partial charge in [-0.3, -0.25) is 4.90 Å². The summed E-state index contributed by atoms with van der Waals surface area (Å²) in [6, 6.07) is 0.123. The van der Waals surface area contributed by atoms with E-state index in [1.807, 2.05) is 9.80 Å². The lowest BCUT2D eigenvalue weighted by Crippen LogP contribution is -2.50. The zero-order chi connectivity index (χ0) is 17.2. The van der Waals surface area contributed by atoms with Gasteiger partial charge in [-0.05, 0) is 7.05 Å². The van der Waals surface area contributed by atoms with E-state index < -0.39 is 0 Å². The van der Waals surface area contributed by atoms with Gasteiger partial charge in [0.2, 0.25) is 0 Å². The van der Waals surface area contributed by atoms with Crippen molar-refractivity contribution in [3.05, 3.63) is 17.7 Å². The van der Waals surface area contributed by atoms with E-state index in [2.05, 4.69) is 27.6 Å². The summed E-state index contributed by atoms with van der Waals surface area (Å²) in [5.41, 5.74) is 1.13. The molecule has 4 heterocycles. The van der Waals surface area contributed by atoms with Gasteiger partial charge in [0.05, 0.1) is 25.5 Å². The second-order valence-electron chi connectivity index (χ2n) is 7.22. The van der Waals surface area contributed by atoms with E-state index in [4.69, 9.17) is 9.72 Å². The standard InChI is InChI=1S/C17H28N6O2/c1-19-2-4-20(5-3-19)12-15-13-22-6-7-23(14-16(22)18-15)17(24)21-8-10-25-11-9-21/h13H,2-12,14H2,1H3. The molecule has 0 bridgehead atoms. The molecule has 1 aromatic rings. The van der Waals surface area contributed by atoms with E-state index >= 15 is 0 Å². The number of carbonyl (C=O) groups is 1. The minimum Gasteiger partial charge on any atom is -0.378 e. The predicted octanol–water partition coefficient (Wildman–Crippen LogP) is -0.102. The number of carbonyl (C=O) groups excluding carboxylic acids is 1. The maximum Gasteiger partial charge on any atom is 0.320 e. The van der Waals surface area contributed by atoms with Crippen molar-refractivity contribution in [2.24, 2.45) is 0 Å². The van der Waals surface area contributed by atoms with Crippen LogP contribution >= 0.6 is 0 Å². The number of amides is 2. The van der Waals surface area contributed by atoms with Crippen LogP contribution in [0.15, 0.2) is 6.20 Å². The number of urea groups is 1. The molecule has 0 aromatic carbocycles. The van der Waals surface area contributed by atoms with Gasteiger partial charge in [-0.25, -0.2) is 9.78 Å². The maximum absolute atomic E-state index is 12.7. The number of rotatable bonds is 2. The average molecular weight is 348 g/mol. The van der Waals surface area contributed by atoms with Crippen molar-refractivity contribution in [3.8, 4) is 0 Å². The number of ether oxygens (including phenoxy) is 1. The third-order valence-corrected chi connectivity index (χ3v) is 5.39. The van der Waals surface area contributed by atoms with Gasteiger partial charge in [-0.1, -0.05) is 0 Å². The number of hydrogen-bond donors (Lipinski definition) is 0. The molecule has 8 heteroatoms. The highest BCUT2D eigenvalue weighted by Gasteiger charge is 2.27. The van der Waals surface area contributed by atoms with E-state index in [0.717, 1.165) is 57.3 Å². The lowest BCUT2D eigenvalue weighted by Gasteiger charge is -2.34. The Morgan fingerprint density at radius 2 is 1.80 bits per heavy atom. The number of fused-ring (bicyclic) bond motifs is 1. The minimum absolute atomic E-state index is 0.123. The van der Waals surface area contributed by atoms with Gasteiger partial charge in [0.25, 0.3) is 0 Å². The predicted molar refractivity (Wildman–Crippen MR) is 93.2 cm³/mol. The first-order valence-electron chi connectivity index (χ1n) is 9.26. The molecule has 2 fully saturated rings. The first-order valence-corrected chi connectivity index (χ1v) is 9.26. The molecular formula is C17H28N6O2. The Morgan fingerprint density at radius 1 is 1.04 bits per heavy atom. The molecule has 8 nitrogen and oxygen atoms in total. The van der Waals surface area contributed by atoms with Crippen molar-refractivity contribution < 1.29 is 9.53 Å². The molecule has 0 atom stereocenters. The first-order chi connectivity index (χ1) is 12.2. The molecule has 2 saturated heterocycles. The van der Waals surface area contributed by atoms with Crippen LogP contribution in [0.4, 0.5) is 4.79 Å². The van der Waals surface area contributed by atoms with Crippen LogP contribution in [0.5, 0.6) is 0 Å². The normalized spacial score (nSPS) is 22.9. The largest absolute Gasteiger partial charge is 0.378 e. The van der Waals surface area contributed by atoms with Gasteiger partial charge in [-0.15, -0.1) is 0 Å². The van der Waals surface area contributed by atoms with Crippen LogP contribution in [0, 0.1) is 0 Å². The Kier molecular flexibility index (Phi) is 4.91. The van der Waals surface area contributed by atoms with Gasteiger partial charge in [-0.2, -0.15) is 0 Å². The molecular weight excluding hydrogens is 320 g/mol. The van der Waals surface area contributed by atoms with E-state index in [1.54, 1.807) is 0 Å². The number of hydrogen-bond acceptors (Lipinski definition) is 5. The van der Waals surface area contributed by atoms with Crippen molar-refractivity contribution in [1.29, 1.82) is 0 Å². The third-order valence-electron chi connectivity index (χ3n) is 5.39. The van der Waals surface area contributed by atoms with Gasteiger partial charge in [0.15, 0.2) is 0 Å². The van der Waals surface area contributed by atoms with E-state index in [0.29, 0.717) is 32.8 Å². The molecule has 2 amide bonds. The van der Waals surface area contributed by atoms with Gasteiger partial charge in [0.1, 0.15) is 5.82 Å². The second-order valence-corrected chi connectivity index (χ2v) is 7.22. The van der Waals surface area contributed by atoms with Crippen LogP contribution in [0.25, 0.3) is 0 Å². The highest BCUT2D eigenvalue weighted by molar-refractivity contribution is 5.74. The van der Waals surface area contributed by atoms with Crippen molar-refractivity contribution in [2.45, 2.75) is 19.6 Å². The monoisotopic (exact) mass is 348 g/mol. The fourth-order valence-corrected chi connectivity index (χ4v) is 3.74. The molecule has 0 radical (unpaired) electrons. The molecule has 0 aliphatic carbocycles. The number of likely N-dealkylation sites (N-methyl/N-ethyl adjacent to an activating group) is 1. The molecule has 0 spiro atoms. The topological polar surface area (TPSA) is 57.1 Å². The van der Waals surface area contributed by atoms with Gasteiger partial charge in [0, 0.05) is 65.1 Å². The molecule has 0 unspecified atom stereocenters. The molecule has 0 N–H and O–H groups in total. The van der Waals surface area contributed by atoms with Crippen LogP contribution in [0.3, 0.4) is 0 Å². The first kappa shape index (κ1) is 16.8. The SMILES string of the molecule is CN1CCN(Cc2cn3c(n2)CN(C(=O)N2CCOCC2)CC3)CC1. The summed E-state index contributed by atoms with van der Waals surface area (Å²) in [7, 11) is 2.17. The van der Waals surface area contributed by atoms with Crippen LogP contribution in [0.2, 0.25) is 0 Å². The summed E-state index contributed by atoms with van der Waals surface area (Å²) in [5.74, 6) is 1.01. The molecule has 138 valence electrons. The van der Waals surface area contributed by atoms with Crippen LogP contribution < -0.4 is 0 Å². The Bertz CT molecular complexity index is 604. The summed E-state index contributed by atoms with van der Waals surface area (Å²) in [4.78, 5) is 26.1. The van der Waals surface area contributed by atoms with Crippen LogP contribution in [-0.4, -0.2) is 101 Å². The number of nitrogens with zero attached hydrogens (tertiary/aromatic N) is 6. The Balaban J connectivity index is 1.36.